The van der Waals surface area contributed by atoms with Gasteiger partial charge in [0.2, 0.25) is 10.0 Å². The minimum absolute atomic E-state index is 0.0168. The van der Waals surface area contributed by atoms with E-state index in [4.69, 9.17) is 5.26 Å². The predicted octanol–water partition coefficient (Wildman–Crippen LogP) is 1.45. The minimum atomic E-state index is -3.79. The zero-order chi connectivity index (χ0) is 21.7. The highest BCUT2D eigenvalue weighted by Crippen LogP contribution is 2.36. The zero-order valence-corrected chi connectivity index (χ0v) is 17.4. The van der Waals surface area contributed by atoms with Gasteiger partial charge in [0, 0.05) is 12.6 Å². The van der Waals surface area contributed by atoms with Crippen LogP contribution in [0.5, 0.6) is 0 Å². The van der Waals surface area contributed by atoms with E-state index in [-0.39, 0.29) is 16.8 Å². The van der Waals surface area contributed by atoms with Crippen LogP contribution in [0.4, 0.5) is 0 Å². The maximum atomic E-state index is 12.8. The number of hydrogen-bond acceptors (Lipinski definition) is 5. The van der Waals surface area contributed by atoms with E-state index in [1.165, 1.54) is 29.8 Å². The van der Waals surface area contributed by atoms with Crippen molar-refractivity contribution in [2.75, 3.05) is 0 Å². The van der Waals surface area contributed by atoms with Gasteiger partial charge in [-0.3, -0.25) is 13.9 Å². The lowest BCUT2D eigenvalue weighted by Crippen LogP contribution is -2.38. The van der Waals surface area contributed by atoms with Crippen LogP contribution in [0.15, 0.2) is 56.9 Å². The van der Waals surface area contributed by atoms with Gasteiger partial charge in [-0.1, -0.05) is 12.1 Å². The summed E-state index contributed by atoms with van der Waals surface area (Å²) in [7, 11) is -2.43. The summed E-state index contributed by atoms with van der Waals surface area (Å²) in [5.74, 6) is 0. The third-order valence-electron chi connectivity index (χ3n) is 5.40. The largest absolute Gasteiger partial charge is 0.331 e. The highest BCUT2D eigenvalue weighted by Gasteiger charge is 2.41. The Labute approximate surface area is 173 Å². The van der Waals surface area contributed by atoms with Gasteiger partial charge in [0.15, 0.2) is 0 Å². The third kappa shape index (κ3) is 3.56. The molecule has 1 saturated carbocycles. The Hall–Kier alpha value is -3.22. The van der Waals surface area contributed by atoms with Crippen molar-refractivity contribution >= 4 is 20.9 Å². The van der Waals surface area contributed by atoms with Crippen LogP contribution < -0.4 is 16.0 Å². The molecule has 2 aromatic carbocycles. The first-order valence-electron chi connectivity index (χ1n) is 9.40. The smallest absolute Gasteiger partial charge is 0.289 e. The molecule has 3 aromatic rings. The molecule has 0 spiro atoms. The van der Waals surface area contributed by atoms with E-state index in [1.54, 1.807) is 24.3 Å². The molecule has 0 radical (unpaired) electrons. The van der Waals surface area contributed by atoms with Crippen LogP contribution in [-0.2, 0) is 23.6 Å². The molecule has 1 N–H and O–H groups in total. The molecule has 1 fully saturated rings. The van der Waals surface area contributed by atoms with Crippen LogP contribution in [-0.4, -0.2) is 23.1 Å². The average Bonchev–Trinajstić information content (AvgIpc) is 3.45. The van der Waals surface area contributed by atoms with Crippen LogP contribution in [0.25, 0.3) is 10.9 Å². The van der Waals surface area contributed by atoms with Crippen LogP contribution in [0, 0.1) is 11.3 Å². The number of nitrogens with zero attached hydrogens (tertiary/aromatic N) is 3. The molecule has 154 valence electrons. The van der Waals surface area contributed by atoms with Gasteiger partial charge < -0.3 is 0 Å². The number of aromatic nitrogens is 2. The Balaban J connectivity index is 1.86. The SMILES string of the molecule is Cn1c(=O)c2cc(S(=O)(=O)NC3(C)CC3)ccc2n(Cc2cccc(C#N)c2)c1=O. The Morgan fingerprint density at radius 3 is 2.57 bits per heavy atom. The van der Waals surface area contributed by atoms with Gasteiger partial charge in [0.25, 0.3) is 5.56 Å². The number of hydrogen-bond donors (Lipinski definition) is 1. The van der Waals surface area contributed by atoms with Gasteiger partial charge >= 0.3 is 5.69 Å². The molecule has 0 aliphatic heterocycles. The van der Waals surface area contributed by atoms with Crippen LogP contribution in [0.3, 0.4) is 0 Å². The van der Waals surface area contributed by atoms with Crippen molar-refractivity contribution in [3.63, 3.8) is 0 Å². The van der Waals surface area contributed by atoms with E-state index in [2.05, 4.69) is 10.8 Å². The van der Waals surface area contributed by atoms with Gasteiger partial charge in [-0.25, -0.2) is 17.9 Å². The maximum absolute atomic E-state index is 12.8. The quantitative estimate of drug-likeness (QED) is 0.666. The highest BCUT2D eigenvalue weighted by molar-refractivity contribution is 7.89. The fraction of sp³-hybridized carbons (Fsp3) is 0.286. The minimum Gasteiger partial charge on any atom is -0.289 e. The number of nitriles is 1. The van der Waals surface area contributed by atoms with Gasteiger partial charge in [0.05, 0.1) is 34.0 Å². The average molecular weight is 424 g/mol. The molecule has 8 nitrogen and oxygen atoms in total. The number of fused-ring (bicyclic) bond motifs is 1. The van der Waals surface area contributed by atoms with E-state index in [1.807, 2.05) is 6.92 Å². The van der Waals surface area contributed by atoms with Crippen LogP contribution in [0.2, 0.25) is 0 Å². The van der Waals surface area contributed by atoms with Crippen molar-refractivity contribution in [2.24, 2.45) is 7.05 Å². The number of benzene rings is 2. The molecule has 0 saturated heterocycles. The molecule has 4 rings (SSSR count). The topological polar surface area (TPSA) is 114 Å². The summed E-state index contributed by atoms with van der Waals surface area (Å²) < 4.78 is 30.5. The van der Waals surface area contributed by atoms with Crippen LogP contribution in [0.1, 0.15) is 30.9 Å². The van der Waals surface area contributed by atoms with E-state index in [0.29, 0.717) is 11.1 Å². The summed E-state index contributed by atoms with van der Waals surface area (Å²) >= 11 is 0. The lowest BCUT2D eigenvalue weighted by Gasteiger charge is -2.15. The molecule has 0 atom stereocenters. The molecule has 1 aliphatic rings. The molecule has 9 heteroatoms. The van der Waals surface area contributed by atoms with Gasteiger partial charge in [-0.15, -0.1) is 0 Å². The molecule has 30 heavy (non-hydrogen) atoms. The predicted molar refractivity (Wildman–Crippen MR) is 112 cm³/mol. The Morgan fingerprint density at radius 1 is 1.17 bits per heavy atom. The van der Waals surface area contributed by atoms with Crippen molar-refractivity contribution in [3.8, 4) is 6.07 Å². The fourth-order valence-corrected chi connectivity index (χ4v) is 4.88. The Bertz CT molecular complexity index is 1440. The Kier molecular flexibility index (Phi) is 4.64. The molecular formula is C21H20N4O4S. The number of nitrogens with one attached hydrogen (secondary N) is 1. The standard InChI is InChI=1S/C21H20N4O4S/c1-21(8-9-21)23-30(28,29)16-6-7-18-17(11-16)19(26)24(2)20(27)25(18)13-15-5-3-4-14(10-15)12-22/h3-7,10-11,23H,8-9,13H2,1-2H3. The summed E-state index contributed by atoms with van der Waals surface area (Å²) in [6.45, 7) is 1.97. The monoisotopic (exact) mass is 424 g/mol. The molecule has 1 aromatic heterocycles. The molecular weight excluding hydrogens is 404 g/mol. The molecule has 1 aliphatic carbocycles. The van der Waals surface area contributed by atoms with Gasteiger partial charge in [0.1, 0.15) is 0 Å². The first kappa shape index (κ1) is 20.1. The van der Waals surface area contributed by atoms with E-state index >= 15 is 0 Å². The maximum Gasteiger partial charge on any atom is 0.331 e. The second-order valence-electron chi connectivity index (χ2n) is 7.89. The van der Waals surface area contributed by atoms with Crippen molar-refractivity contribution < 1.29 is 8.42 Å². The lowest BCUT2D eigenvalue weighted by atomic mass is 10.1. The summed E-state index contributed by atoms with van der Waals surface area (Å²) in [6, 6.07) is 13.1. The first-order chi connectivity index (χ1) is 14.1. The van der Waals surface area contributed by atoms with Crippen molar-refractivity contribution in [3.05, 3.63) is 74.4 Å². The van der Waals surface area contributed by atoms with Crippen molar-refractivity contribution in [2.45, 2.75) is 36.7 Å². The van der Waals surface area contributed by atoms with Crippen LogP contribution >= 0.6 is 0 Å². The third-order valence-corrected chi connectivity index (χ3v) is 7.04. The number of sulfonamides is 1. The fourth-order valence-electron chi connectivity index (χ4n) is 3.39. The highest BCUT2D eigenvalue weighted by atomic mass is 32.2. The van der Waals surface area contributed by atoms with Gasteiger partial charge in [-0.05, 0) is 55.7 Å². The second kappa shape index (κ2) is 6.93. The number of rotatable bonds is 5. The normalized spacial score (nSPS) is 15.1. The van der Waals surface area contributed by atoms with Crippen molar-refractivity contribution in [1.82, 2.24) is 13.9 Å². The molecule has 0 bridgehead atoms. The summed E-state index contributed by atoms with van der Waals surface area (Å²) in [5, 5.41) is 9.24. The Morgan fingerprint density at radius 2 is 1.90 bits per heavy atom. The van der Waals surface area contributed by atoms with E-state index in [0.717, 1.165) is 23.0 Å². The molecule has 0 unspecified atom stereocenters. The lowest BCUT2D eigenvalue weighted by molar-refractivity contribution is 0.558. The first-order valence-corrected chi connectivity index (χ1v) is 10.9. The van der Waals surface area contributed by atoms with Crippen molar-refractivity contribution in [1.29, 1.82) is 5.26 Å². The second-order valence-corrected chi connectivity index (χ2v) is 9.57. The molecule has 1 heterocycles. The summed E-state index contributed by atoms with van der Waals surface area (Å²) in [4.78, 5) is 25.5. The summed E-state index contributed by atoms with van der Waals surface area (Å²) in [6.07, 6.45) is 1.53. The zero-order valence-electron chi connectivity index (χ0n) is 16.5. The van der Waals surface area contributed by atoms with E-state index in [9.17, 15) is 18.0 Å². The summed E-state index contributed by atoms with van der Waals surface area (Å²) in [5.41, 5.74) is -0.00908. The molecule has 0 amide bonds. The van der Waals surface area contributed by atoms with Gasteiger partial charge in [-0.2, -0.15) is 5.26 Å². The van der Waals surface area contributed by atoms with E-state index < -0.39 is 26.8 Å².